The number of hydrogen-bond donors (Lipinski definition) is 3. The van der Waals surface area contributed by atoms with Crippen molar-refractivity contribution in [2.45, 2.75) is 44.6 Å². The van der Waals surface area contributed by atoms with Crippen LogP contribution in [0.1, 0.15) is 39.0 Å². The molecule has 1 aliphatic carbocycles. The van der Waals surface area contributed by atoms with Crippen LogP contribution in [-0.2, 0) is 0 Å². The molecule has 0 unspecified atom stereocenters. The van der Waals surface area contributed by atoms with Gasteiger partial charge in [0.05, 0.1) is 19.3 Å². The number of nitrogens with zero attached hydrogens (tertiary/aromatic N) is 3. The Morgan fingerprint density at radius 2 is 1.85 bits per heavy atom. The lowest BCUT2D eigenvalue weighted by atomic mass is 9.82. The Labute approximate surface area is 119 Å². The fourth-order valence-electron chi connectivity index (χ4n) is 2.53. The molecule has 1 saturated carbocycles. The summed E-state index contributed by atoms with van der Waals surface area (Å²) in [4.78, 5) is 12.7. The van der Waals surface area contributed by atoms with E-state index in [1.807, 2.05) is 6.92 Å². The summed E-state index contributed by atoms with van der Waals surface area (Å²) in [6.07, 6.45) is 5.28. The van der Waals surface area contributed by atoms with Crippen LogP contribution in [0, 0.1) is 0 Å². The molecule has 1 heterocycles. The van der Waals surface area contributed by atoms with E-state index in [0.29, 0.717) is 11.9 Å². The second-order valence-electron chi connectivity index (χ2n) is 5.12. The van der Waals surface area contributed by atoms with Crippen LogP contribution in [0.2, 0.25) is 0 Å². The molecule has 3 N–H and O–H groups in total. The van der Waals surface area contributed by atoms with Gasteiger partial charge in [-0.2, -0.15) is 15.0 Å². The van der Waals surface area contributed by atoms with Crippen LogP contribution in [-0.4, -0.2) is 45.9 Å². The van der Waals surface area contributed by atoms with Crippen LogP contribution >= 0.6 is 0 Å². The smallest absolute Gasteiger partial charge is 0.322 e. The van der Waals surface area contributed by atoms with Gasteiger partial charge in [0.15, 0.2) is 0 Å². The maximum Gasteiger partial charge on any atom is 0.322 e. The topological polar surface area (TPSA) is 92.2 Å². The number of methoxy groups -OCH3 is 1. The Morgan fingerprint density at radius 1 is 1.15 bits per heavy atom. The molecule has 7 nitrogen and oxygen atoms in total. The van der Waals surface area contributed by atoms with Crippen molar-refractivity contribution in [3.8, 4) is 6.01 Å². The van der Waals surface area contributed by atoms with Crippen molar-refractivity contribution in [3.63, 3.8) is 0 Å². The fraction of sp³-hybridized carbons (Fsp3) is 0.769. The Hall–Kier alpha value is -1.63. The highest BCUT2D eigenvalue weighted by atomic mass is 16.5. The Balaban J connectivity index is 2.19. The molecule has 1 aliphatic rings. The predicted octanol–water partition coefficient (Wildman–Crippen LogP) is 1.42. The molecule has 0 spiro atoms. The molecule has 0 radical (unpaired) electrons. The standard InChI is InChI=1S/C13H23N5O2/c1-3-14-10-15-11(17-12(16-10)20-2)18-13(9-19)7-5-4-6-8-13/h19H,3-9H2,1-2H3,(H2,14,15,16,17,18). The van der Waals surface area contributed by atoms with E-state index >= 15 is 0 Å². The second-order valence-corrected chi connectivity index (χ2v) is 5.12. The van der Waals surface area contributed by atoms with Crippen LogP contribution in [0.25, 0.3) is 0 Å². The van der Waals surface area contributed by atoms with Crippen molar-refractivity contribution >= 4 is 11.9 Å². The van der Waals surface area contributed by atoms with Gasteiger partial charge in [-0.3, -0.25) is 0 Å². The molecule has 1 fully saturated rings. The minimum Gasteiger partial charge on any atom is -0.467 e. The minimum absolute atomic E-state index is 0.0809. The zero-order valence-corrected chi connectivity index (χ0v) is 12.1. The van der Waals surface area contributed by atoms with Gasteiger partial charge < -0.3 is 20.5 Å². The lowest BCUT2D eigenvalue weighted by Gasteiger charge is -2.36. The van der Waals surface area contributed by atoms with Gasteiger partial charge in [-0.05, 0) is 19.8 Å². The van der Waals surface area contributed by atoms with E-state index in [0.717, 1.165) is 32.2 Å². The third kappa shape index (κ3) is 3.47. The van der Waals surface area contributed by atoms with E-state index in [-0.39, 0.29) is 18.2 Å². The average molecular weight is 281 g/mol. The summed E-state index contributed by atoms with van der Waals surface area (Å²) in [5.41, 5.74) is -0.325. The van der Waals surface area contributed by atoms with Crippen LogP contribution in [0.3, 0.4) is 0 Å². The van der Waals surface area contributed by atoms with Gasteiger partial charge in [0.1, 0.15) is 0 Å². The second kappa shape index (κ2) is 6.69. The predicted molar refractivity (Wildman–Crippen MR) is 77.1 cm³/mol. The first-order valence-corrected chi connectivity index (χ1v) is 7.14. The monoisotopic (exact) mass is 281 g/mol. The van der Waals surface area contributed by atoms with Gasteiger partial charge in [-0.1, -0.05) is 19.3 Å². The van der Waals surface area contributed by atoms with E-state index < -0.39 is 0 Å². The first-order valence-electron chi connectivity index (χ1n) is 7.14. The Kier molecular flexibility index (Phi) is 4.94. The van der Waals surface area contributed by atoms with Gasteiger partial charge >= 0.3 is 6.01 Å². The largest absolute Gasteiger partial charge is 0.467 e. The summed E-state index contributed by atoms with van der Waals surface area (Å²) in [5.74, 6) is 0.925. The van der Waals surface area contributed by atoms with E-state index in [9.17, 15) is 5.11 Å². The maximum atomic E-state index is 9.72. The highest BCUT2D eigenvalue weighted by Crippen LogP contribution is 2.30. The third-order valence-electron chi connectivity index (χ3n) is 3.62. The van der Waals surface area contributed by atoms with Crippen molar-refractivity contribution in [1.82, 2.24) is 15.0 Å². The van der Waals surface area contributed by atoms with Crippen LogP contribution in [0.4, 0.5) is 11.9 Å². The van der Waals surface area contributed by atoms with E-state index in [4.69, 9.17) is 4.74 Å². The van der Waals surface area contributed by atoms with Gasteiger partial charge in [-0.15, -0.1) is 0 Å². The Morgan fingerprint density at radius 3 is 2.45 bits per heavy atom. The number of anilines is 2. The fourth-order valence-corrected chi connectivity index (χ4v) is 2.53. The van der Waals surface area contributed by atoms with Crippen LogP contribution in [0.15, 0.2) is 0 Å². The van der Waals surface area contributed by atoms with Crippen molar-refractivity contribution in [2.75, 3.05) is 30.9 Å². The van der Waals surface area contributed by atoms with E-state index in [2.05, 4.69) is 25.6 Å². The molecule has 1 aromatic rings. The molecule has 112 valence electrons. The molecule has 2 rings (SSSR count). The average Bonchev–Trinajstić information content (AvgIpc) is 2.48. The van der Waals surface area contributed by atoms with Gasteiger partial charge in [0.25, 0.3) is 0 Å². The SMILES string of the molecule is CCNc1nc(NC2(CO)CCCCC2)nc(OC)n1. The van der Waals surface area contributed by atoms with Crippen molar-refractivity contribution in [1.29, 1.82) is 0 Å². The molecule has 20 heavy (non-hydrogen) atoms. The quantitative estimate of drug-likeness (QED) is 0.726. The van der Waals surface area contributed by atoms with E-state index in [1.165, 1.54) is 13.5 Å². The van der Waals surface area contributed by atoms with Crippen molar-refractivity contribution in [2.24, 2.45) is 0 Å². The van der Waals surface area contributed by atoms with Crippen LogP contribution in [0.5, 0.6) is 6.01 Å². The van der Waals surface area contributed by atoms with Gasteiger partial charge in [-0.25, -0.2) is 0 Å². The number of nitrogens with one attached hydrogen (secondary N) is 2. The zero-order valence-electron chi connectivity index (χ0n) is 12.1. The lowest BCUT2D eigenvalue weighted by molar-refractivity contribution is 0.172. The van der Waals surface area contributed by atoms with Crippen molar-refractivity contribution in [3.05, 3.63) is 0 Å². The molecule has 0 saturated heterocycles. The number of aliphatic hydroxyl groups excluding tert-OH is 1. The zero-order chi connectivity index (χ0) is 14.4. The van der Waals surface area contributed by atoms with E-state index in [1.54, 1.807) is 0 Å². The molecular weight excluding hydrogens is 258 g/mol. The molecule has 1 aromatic heterocycles. The lowest BCUT2D eigenvalue weighted by Crippen LogP contribution is -2.44. The minimum atomic E-state index is -0.325. The Bertz CT molecular complexity index is 435. The number of ether oxygens (including phenoxy) is 1. The van der Waals surface area contributed by atoms with Crippen LogP contribution < -0.4 is 15.4 Å². The molecule has 0 amide bonds. The normalized spacial score (nSPS) is 17.6. The summed E-state index contributed by atoms with van der Waals surface area (Å²) in [6.45, 7) is 2.77. The van der Waals surface area contributed by atoms with Gasteiger partial charge in [0, 0.05) is 6.54 Å². The highest BCUT2D eigenvalue weighted by Gasteiger charge is 2.32. The number of rotatable bonds is 6. The summed E-state index contributed by atoms with van der Waals surface area (Å²) in [5, 5.41) is 16.1. The first kappa shape index (κ1) is 14.8. The molecule has 0 atom stereocenters. The maximum absolute atomic E-state index is 9.72. The molecule has 0 aliphatic heterocycles. The summed E-state index contributed by atoms with van der Waals surface area (Å²) in [7, 11) is 1.53. The number of hydrogen-bond acceptors (Lipinski definition) is 7. The molecule has 0 bridgehead atoms. The number of aromatic nitrogens is 3. The van der Waals surface area contributed by atoms with Crippen molar-refractivity contribution < 1.29 is 9.84 Å². The molecule has 7 heteroatoms. The molecule has 0 aromatic carbocycles. The molecular formula is C13H23N5O2. The highest BCUT2D eigenvalue weighted by molar-refractivity contribution is 5.38. The summed E-state index contributed by atoms with van der Waals surface area (Å²) in [6, 6.07) is 0.266. The first-order chi connectivity index (χ1) is 9.71. The number of aliphatic hydroxyl groups is 1. The third-order valence-corrected chi connectivity index (χ3v) is 3.62. The summed E-state index contributed by atoms with van der Waals surface area (Å²) < 4.78 is 5.09. The van der Waals surface area contributed by atoms with Gasteiger partial charge in [0.2, 0.25) is 11.9 Å². The summed E-state index contributed by atoms with van der Waals surface area (Å²) >= 11 is 0.